The summed E-state index contributed by atoms with van der Waals surface area (Å²) in [6.45, 7) is 3.22. The summed E-state index contributed by atoms with van der Waals surface area (Å²) in [7, 11) is 3.07. The molecule has 0 aromatic heterocycles. The van der Waals surface area contributed by atoms with Crippen LogP contribution in [0.2, 0.25) is 0 Å². The predicted molar refractivity (Wildman–Crippen MR) is 59.0 cm³/mol. The van der Waals surface area contributed by atoms with E-state index >= 15 is 0 Å². The molecular weight excluding hydrogens is 210 g/mol. The zero-order valence-electron chi connectivity index (χ0n) is 9.86. The van der Waals surface area contributed by atoms with Gasteiger partial charge in [-0.15, -0.1) is 0 Å². The van der Waals surface area contributed by atoms with Gasteiger partial charge in [-0.2, -0.15) is 0 Å². The van der Waals surface area contributed by atoms with E-state index in [1.54, 1.807) is 11.9 Å². The van der Waals surface area contributed by atoms with Crippen molar-refractivity contribution in [3.8, 4) is 0 Å². The average Bonchev–Trinajstić information content (AvgIpc) is 2.30. The molecule has 0 atom stereocenters. The third-order valence-electron chi connectivity index (χ3n) is 2.54. The van der Waals surface area contributed by atoms with E-state index in [1.807, 2.05) is 0 Å². The number of hydrogen-bond donors (Lipinski definition) is 1. The second kappa shape index (κ2) is 6.44. The average molecular weight is 229 g/mol. The van der Waals surface area contributed by atoms with Crippen molar-refractivity contribution in [2.75, 3.05) is 53.5 Å². The van der Waals surface area contributed by atoms with E-state index in [2.05, 4.69) is 5.32 Å². The molecule has 0 radical (unpaired) electrons. The molecule has 1 fully saturated rings. The van der Waals surface area contributed by atoms with Crippen molar-refractivity contribution in [3.63, 3.8) is 0 Å². The van der Waals surface area contributed by atoms with Gasteiger partial charge in [0, 0.05) is 40.3 Å². The fraction of sp³-hybridized carbons (Fsp3) is 0.800. The summed E-state index contributed by atoms with van der Waals surface area (Å²) in [5.41, 5.74) is 0. The van der Waals surface area contributed by atoms with Crippen LogP contribution in [0.15, 0.2) is 0 Å². The SMILES string of the molecule is COCC(=O)N(C)CC(=O)N1CCNCC1. The Morgan fingerprint density at radius 1 is 1.38 bits per heavy atom. The van der Waals surface area contributed by atoms with Crippen LogP contribution in [0.25, 0.3) is 0 Å². The Kier molecular flexibility index (Phi) is 5.21. The lowest BCUT2D eigenvalue weighted by Crippen LogP contribution is -2.50. The minimum absolute atomic E-state index is 0.00606. The van der Waals surface area contributed by atoms with Crippen molar-refractivity contribution in [2.45, 2.75) is 0 Å². The van der Waals surface area contributed by atoms with Gasteiger partial charge in [0.15, 0.2) is 0 Å². The van der Waals surface area contributed by atoms with Crippen LogP contribution in [0.5, 0.6) is 0 Å². The molecule has 0 saturated carbocycles. The number of nitrogens with one attached hydrogen (secondary N) is 1. The Labute approximate surface area is 95.5 Å². The summed E-state index contributed by atoms with van der Waals surface area (Å²) in [5.74, 6) is -0.181. The second-order valence-corrected chi connectivity index (χ2v) is 3.81. The van der Waals surface area contributed by atoms with Crippen LogP contribution in [0.4, 0.5) is 0 Å². The number of ether oxygens (including phenoxy) is 1. The zero-order valence-corrected chi connectivity index (χ0v) is 9.86. The normalized spacial score (nSPS) is 16.0. The van der Waals surface area contributed by atoms with Crippen LogP contribution >= 0.6 is 0 Å². The number of methoxy groups -OCH3 is 1. The van der Waals surface area contributed by atoms with Crippen LogP contribution in [0, 0.1) is 0 Å². The van der Waals surface area contributed by atoms with Gasteiger partial charge in [0.1, 0.15) is 6.61 Å². The molecule has 1 N–H and O–H groups in total. The lowest BCUT2D eigenvalue weighted by Gasteiger charge is -2.29. The highest BCUT2D eigenvalue weighted by atomic mass is 16.5. The fourth-order valence-electron chi connectivity index (χ4n) is 1.54. The summed E-state index contributed by atoms with van der Waals surface area (Å²) in [5, 5.41) is 3.17. The topological polar surface area (TPSA) is 61.9 Å². The summed E-state index contributed by atoms with van der Waals surface area (Å²) >= 11 is 0. The number of carbonyl (C=O) groups is 2. The maximum atomic E-state index is 11.8. The van der Waals surface area contributed by atoms with Crippen molar-refractivity contribution in [1.82, 2.24) is 15.1 Å². The molecule has 1 rings (SSSR count). The molecule has 2 amide bonds. The van der Waals surface area contributed by atoms with Crippen LogP contribution in [0.3, 0.4) is 0 Å². The van der Waals surface area contributed by atoms with E-state index in [1.165, 1.54) is 12.0 Å². The standard InChI is InChI=1S/C10H19N3O3/c1-12(10(15)8-16-2)7-9(14)13-5-3-11-4-6-13/h11H,3-8H2,1-2H3. The quantitative estimate of drug-likeness (QED) is 0.639. The van der Waals surface area contributed by atoms with Crippen molar-refractivity contribution in [3.05, 3.63) is 0 Å². The molecule has 0 spiro atoms. The van der Waals surface area contributed by atoms with Gasteiger partial charge in [0.25, 0.3) is 0 Å². The first-order chi connectivity index (χ1) is 7.65. The zero-order chi connectivity index (χ0) is 12.0. The highest BCUT2D eigenvalue weighted by molar-refractivity contribution is 5.85. The Morgan fingerprint density at radius 3 is 2.56 bits per heavy atom. The largest absolute Gasteiger partial charge is 0.375 e. The van der Waals surface area contributed by atoms with Gasteiger partial charge < -0.3 is 19.9 Å². The highest BCUT2D eigenvalue weighted by Crippen LogP contribution is 1.96. The van der Waals surface area contributed by atoms with Crippen LogP contribution in [-0.2, 0) is 14.3 Å². The minimum Gasteiger partial charge on any atom is -0.375 e. The molecule has 6 heteroatoms. The number of nitrogens with zero attached hydrogens (tertiary/aromatic N) is 2. The fourth-order valence-corrected chi connectivity index (χ4v) is 1.54. The van der Waals surface area contributed by atoms with E-state index in [-0.39, 0.29) is 25.0 Å². The Bertz CT molecular complexity index is 252. The number of hydrogen-bond acceptors (Lipinski definition) is 4. The van der Waals surface area contributed by atoms with Crippen molar-refractivity contribution in [2.24, 2.45) is 0 Å². The molecule has 0 aliphatic carbocycles. The van der Waals surface area contributed by atoms with E-state index in [0.29, 0.717) is 13.1 Å². The maximum Gasteiger partial charge on any atom is 0.248 e. The molecule has 0 aromatic rings. The van der Waals surface area contributed by atoms with E-state index in [9.17, 15) is 9.59 Å². The van der Waals surface area contributed by atoms with E-state index in [4.69, 9.17) is 4.74 Å². The monoisotopic (exact) mass is 229 g/mol. The van der Waals surface area contributed by atoms with Crippen LogP contribution in [0.1, 0.15) is 0 Å². The van der Waals surface area contributed by atoms with Gasteiger partial charge in [-0.05, 0) is 0 Å². The van der Waals surface area contributed by atoms with Crippen molar-refractivity contribution >= 4 is 11.8 Å². The first-order valence-electron chi connectivity index (χ1n) is 5.36. The molecule has 6 nitrogen and oxygen atoms in total. The van der Waals surface area contributed by atoms with Crippen molar-refractivity contribution < 1.29 is 14.3 Å². The van der Waals surface area contributed by atoms with Crippen molar-refractivity contribution in [1.29, 1.82) is 0 Å². The smallest absolute Gasteiger partial charge is 0.248 e. The molecule has 0 unspecified atom stereocenters. The molecule has 0 aromatic carbocycles. The summed E-state index contributed by atoms with van der Waals surface area (Å²) in [4.78, 5) is 26.3. The maximum absolute atomic E-state index is 11.8. The number of piperazine rings is 1. The first kappa shape index (κ1) is 12.9. The Morgan fingerprint density at radius 2 is 2.00 bits per heavy atom. The molecule has 0 bridgehead atoms. The van der Waals surface area contributed by atoms with Gasteiger partial charge in [0.05, 0.1) is 6.54 Å². The van der Waals surface area contributed by atoms with Crippen LogP contribution in [-0.4, -0.2) is 75.1 Å². The van der Waals surface area contributed by atoms with Gasteiger partial charge in [-0.1, -0.05) is 0 Å². The van der Waals surface area contributed by atoms with Gasteiger partial charge >= 0.3 is 0 Å². The lowest BCUT2D eigenvalue weighted by molar-refractivity contribution is -0.141. The van der Waals surface area contributed by atoms with Gasteiger partial charge in [0.2, 0.25) is 11.8 Å². The van der Waals surface area contributed by atoms with Gasteiger partial charge in [-0.25, -0.2) is 0 Å². The lowest BCUT2D eigenvalue weighted by atomic mass is 10.3. The summed E-state index contributed by atoms with van der Waals surface area (Å²) in [6.07, 6.45) is 0. The second-order valence-electron chi connectivity index (χ2n) is 3.81. The molecule has 1 heterocycles. The highest BCUT2D eigenvalue weighted by Gasteiger charge is 2.19. The molecule has 1 aliphatic rings. The summed E-state index contributed by atoms with van der Waals surface area (Å²) < 4.78 is 4.73. The number of carbonyl (C=O) groups excluding carboxylic acids is 2. The Balaban J connectivity index is 2.34. The number of rotatable bonds is 4. The molecule has 1 saturated heterocycles. The minimum atomic E-state index is -0.175. The first-order valence-corrected chi connectivity index (χ1v) is 5.36. The molecule has 92 valence electrons. The predicted octanol–water partition coefficient (Wildman–Crippen LogP) is -1.48. The molecular formula is C10H19N3O3. The molecule has 1 aliphatic heterocycles. The van der Waals surface area contributed by atoms with Gasteiger partial charge in [-0.3, -0.25) is 9.59 Å². The third-order valence-corrected chi connectivity index (χ3v) is 2.54. The van der Waals surface area contributed by atoms with E-state index < -0.39 is 0 Å². The Hall–Kier alpha value is -1.14. The molecule has 16 heavy (non-hydrogen) atoms. The third kappa shape index (κ3) is 3.79. The van der Waals surface area contributed by atoms with E-state index in [0.717, 1.165) is 13.1 Å². The number of amides is 2. The summed E-state index contributed by atoms with van der Waals surface area (Å²) in [6, 6.07) is 0. The number of likely N-dealkylation sites (N-methyl/N-ethyl adjacent to an activating group) is 1. The van der Waals surface area contributed by atoms with Crippen LogP contribution < -0.4 is 5.32 Å².